The molecule has 2 N–H and O–H groups in total. The summed E-state index contributed by atoms with van der Waals surface area (Å²) in [4.78, 5) is 0. The maximum Gasteiger partial charge on any atom is 0.0337 e. The number of rotatable bonds is 2. The van der Waals surface area contributed by atoms with Crippen LogP contribution in [0.3, 0.4) is 0 Å². The van der Waals surface area contributed by atoms with Crippen molar-refractivity contribution < 1.29 is 0 Å². The van der Waals surface area contributed by atoms with Crippen LogP contribution in [0.1, 0.15) is 55.7 Å². The minimum absolute atomic E-state index is 0.555. The summed E-state index contributed by atoms with van der Waals surface area (Å²) in [5.41, 5.74) is 3.00. The standard InChI is InChI=1S/C16H24N2/c1-2-7-14(8-3-1)18-16-10-11-17-12-13-6-4-5-9-15(13)16/h4-6,9,14,16-18H,1-3,7-8,10-12H2. The van der Waals surface area contributed by atoms with Gasteiger partial charge in [0.1, 0.15) is 0 Å². The van der Waals surface area contributed by atoms with Gasteiger partial charge in [0, 0.05) is 18.6 Å². The lowest BCUT2D eigenvalue weighted by molar-refractivity contribution is 0.331. The van der Waals surface area contributed by atoms with Crippen molar-refractivity contribution in [2.75, 3.05) is 6.54 Å². The van der Waals surface area contributed by atoms with E-state index in [9.17, 15) is 0 Å². The highest BCUT2D eigenvalue weighted by molar-refractivity contribution is 5.31. The molecular formula is C16H24N2. The fraction of sp³-hybridized carbons (Fsp3) is 0.625. The molecule has 1 aliphatic carbocycles. The topological polar surface area (TPSA) is 24.1 Å². The number of benzene rings is 1. The molecule has 98 valence electrons. The Balaban J connectivity index is 1.74. The van der Waals surface area contributed by atoms with Gasteiger partial charge in [-0.05, 0) is 36.9 Å². The van der Waals surface area contributed by atoms with E-state index in [2.05, 4.69) is 34.9 Å². The molecule has 0 spiro atoms. The lowest BCUT2D eigenvalue weighted by Crippen LogP contribution is -2.35. The molecule has 0 aromatic heterocycles. The Bertz CT molecular complexity index is 382. The molecule has 2 aliphatic rings. The molecule has 1 atom stereocenters. The highest BCUT2D eigenvalue weighted by atomic mass is 15.0. The van der Waals surface area contributed by atoms with Gasteiger partial charge in [0.25, 0.3) is 0 Å². The molecule has 0 amide bonds. The van der Waals surface area contributed by atoms with Crippen molar-refractivity contribution in [1.82, 2.24) is 10.6 Å². The van der Waals surface area contributed by atoms with E-state index in [0.29, 0.717) is 6.04 Å². The lowest BCUT2D eigenvalue weighted by atomic mass is 9.92. The predicted octanol–water partition coefficient (Wildman–Crippen LogP) is 3.14. The van der Waals surface area contributed by atoms with E-state index < -0.39 is 0 Å². The summed E-state index contributed by atoms with van der Waals surface area (Å²) in [6.45, 7) is 2.15. The zero-order valence-electron chi connectivity index (χ0n) is 11.1. The second kappa shape index (κ2) is 5.85. The first-order chi connectivity index (χ1) is 8.93. The van der Waals surface area contributed by atoms with E-state index in [0.717, 1.165) is 19.1 Å². The van der Waals surface area contributed by atoms with Gasteiger partial charge in [-0.3, -0.25) is 0 Å². The number of hydrogen-bond donors (Lipinski definition) is 2. The second-order valence-electron chi connectivity index (χ2n) is 5.72. The van der Waals surface area contributed by atoms with Gasteiger partial charge in [0.2, 0.25) is 0 Å². The van der Waals surface area contributed by atoms with Crippen LogP contribution in [0.5, 0.6) is 0 Å². The van der Waals surface area contributed by atoms with Gasteiger partial charge in [-0.25, -0.2) is 0 Å². The van der Waals surface area contributed by atoms with Gasteiger partial charge < -0.3 is 10.6 Å². The fourth-order valence-corrected chi connectivity index (χ4v) is 3.39. The Kier molecular flexibility index (Phi) is 3.96. The van der Waals surface area contributed by atoms with Crippen molar-refractivity contribution in [3.8, 4) is 0 Å². The van der Waals surface area contributed by atoms with Crippen molar-refractivity contribution in [2.24, 2.45) is 0 Å². The largest absolute Gasteiger partial charge is 0.313 e. The Hall–Kier alpha value is -0.860. The predicted molar refractivity (Wildman–Crippen MR) is 75.5 cm³/mol. The summed E-state index contributed by atoms with van der Waals surface area (Å²) in [5.74, 6) is 0. The van der Waals surface area contributed by atoms with Gasteiger partial charge in [-0.2, -0.15) is 0 Å². The zero-order chi connectivity index (χ0) is 12.2. The molecule has 0 saturated heterocycles. The molecule has 2 nitrogen and oxygen atoms in total. The second-order valence-corrected chi connectivity index (χ2v) is 5.72. The Morgan fingerprint density at radius 2 is 1.83 bits per heavy atom. The van der Waals surface area contributed by atoms with Crippen molar-refractivity contribution in [3.63, 3.8) is 0 Å². The van der Waals surface area contributed by atoms with Crippen LogP contribution >= 0.6 is 0 Å². The molecule has 3 rings (SSSR count). The molecule has 1 saturated carbocycles. The van der Waals surface area contributed by atoms with Crippen LogP contribution in [0.2, 0.25) is 0 Å². The van der Waals surface area contributed by atoms with Gasteiger partial charge in [0.15, 0.2) is 0 Å². The number of hydrogen-bond acceptors (Lipinski definition) is 2. The van der Waals surface area contributed by atoms with Crippen molar-refractivity contribution in [1.29, 1.82) is 0 Å². The molecule has 1 aromatic carbocycles. The van der Waals surface area contributed by atoms with Crippen LogP contribution in [0, 0.1) is 0 Å². The van der Waals surface area contributed by atoms with Crippen LogP contribution in [0.4, 0.5) is 0 Å². The summed E-state index contributed by atoms with van der Waals surface area (Å²) in [6.07, 6.45) is 8.20. The van der Waals surface area contributed by atoms with Crippen molar-refractivity contribution in [2.45, 2.75) is 57.2 Å². The molecule has 18 heavy (non-hydrogen) atoms. The van der Waals surface area contributed by atoms with Gasteiger partial charge in [-0.1, -0.05) is 43.5 Å². The summed E-state index contributed by atoms with van der Waals surface area (Å²) in [7, 11) is 0. The van der Waals surface area contributed by atoms with Gasteiger partial charge in [0.05, 0.1) is 0 Å². The maximum absolute atomic E-state index is 3.91. The van der Waals surface area contributed by atoms with E-state index in [1.165, 1.54) is 49.7 Å². The highest BCUT2D eigenvalue weighted by Gasteiger charge is 2.22. The first-order valence-corrected chi connectivity index (χ1v) is 7.48. The molecule has 0 radical (unpaired) electrons. The highest BCUT2D eigenvalue weighted by Crippen LogP contribution is 2.26. The van der Waals surface area contributed by atoms with E-state index in [-0.39, 0.29) is 0 Å². The average molecular weight is 244 g/mol. The number of nitrogens with one attached hydrogen (secondary N) is 2. The van der Waals surface area contributed by atoms with Crippen LogP contribution < -0.4 is 10.6 Å². The lowest BCUT2D eigenvalue weighted by Gasteiger charge is -2.28. The van der Waals surface area contributed by atoms with Crippen molar-refractivity contribution >= 4 is 0 Å². The summed E-state index contributed by atoms with van der Waals surface area (Å²) < 4.78 is 0. The van der Waals surface area contributed by atoms with Crippen LogP contribution in [-0.4, -0.2) is 12.6 Å². The third-order valence-electron chi connectivity index (χ3n) is 4.40. The molecule has 1 aromatic rings. The molecule has 2 heteroatoms. The average Bonchev–Trinajstić information content (AvgIpc) is 2.63. The summed E-state index contributed by atoms with van der Waals surface area (Å²) in [6, 6.07) is 10.2. The van der Waals surface area contributed by atoms with Crippen molar-refractivity contribution in [3.05, 3.63) is 35.4 Å². The Morgan fingerprint density at radius 1 is 1.00 bits per heavy atom. The first kappa shape index (κ1) is 12.2. The third kappa shape index (κ3) is 2.76. The van der Waals surface area contributed by atoms with E-state index in [4.69, 9.17) is 0 Å². The molecule has 1 aliphatic heterocycles. The fourth-order valence-electron chi connectivity index (χ4n) is 3.39. The van der Waals surface area contributed by atoms with Crippen LogP contribution in [0.25, 0.3) is 0 Å². The minimum atomic E-state index is 0.555. The van der Waals surface area contributed by atoms with E-state index >= 15 is 0 Å². The first-order valence-electron chi connectivity index (χ1n) is 7.48. The molecular weight excluding hydrogens is 220 g/mol. The van der Waals surface area contributed by atoms with E-state index in [1.54, 1.807) is 0 Å². The Labute approximate surface area is 110 Å². The molecule has 1 fully saturated rings. The zero-order valence-corrected chi connectivity index (χ0v) is 11.1. The van der Waals surface area contributed by atoms with Crippen LogP contribution in [0.15, 0.2) is 24.3 Å². The minimum Gasteiger partial charge on any atom is -0.313 e. The maximum atomic E-state index is 3.91. The number of fused-ring (bicyclic) bond motifs is 1. The smallest absolute Gasteiger partial charge is 0.0337 e. The SMILES string of the molecule is c1ccc2c(c1)CNCCC2NC1CCCCC1. The summed E-state index contributed by atoms with van der Waals surface area (Å²) in [5, 5.41) is 7.44. The Morgan fingerprint density at radius 3 is 2.72 bits per heavy atom. The van der Waals surface area contributed by atoms with Crippen LogP contribution in [-0.2, 0) is 6.54 Å². The molecule has 0 bridgehead atoms. The quantitative estimate of drug-likeness (QED) is 0.835. The normalized spacial score (nSPS) is 25.4. The van der Waals surface area contributed by atoms with Gasteiger partial charge >= 0.3 is 0 Å². The van der Waals surface area contributed by atoms with Gasteiger partial charge in [-0.15, -0.1) is 0 Å². The monoisotopic (exact) mass is 244 g/mol. The summed E-state index contributed by atoms with van der Waals surface area (Å²) >= 11 is 0. The van der Waals surface area contributed by atoms with E-state index in [1.807, 2.05) is 0 Å². The third-order valence-corrected chi connectivity index (χ3v) is 4.40. The molecule has 1 unspecified atom stereocenters. The molecule has 1 heterocycles.